The Bertz CT molecular complexity index is 3680. The van der Waals surface area contributed by atoms with Gasteiger partial charge in [-0.05, 0) is 107 Å². The van der Waals surface area contributed by atoms with Crippen LogP contribution >= 0.6 is 35.7 Å². The highest BCUT2D eigenvalue weighted by Crippen LogP contribution is 2.65. The van der Waals surface area contributed by atoms with Gasteiger partial charge in [0.05, 0.1) is 47.2 Å². The van der Waals surface area contributed by atoms with Crippen molar-refractivity contribution >= 4 is 92.7 Å². The lowest BCUT2D eigenvalue weighted by molar-refractivity contribution is -0.346. The summed E-state index contributed by atoms with van der Waals surface area (Å²) < 4.78 is 47.0. The van der Waals surface area contributed by atoms with Gasteiger partial charge in [-0.15, -0.1) is 11.8 Å². The molecular formula is C78H100N4O19S3. The molecule has 23 nitrogen and oxygen atoms in total. The Labute approximate surface area is 623 Å². The number of carbonyl (C=O) groups is 9. The van der Waals surface area contributed by atoms with E-state index < -0.39 is 165 Å². The first-order chi connectivity index (χ1) is 49.3. The van der Waals surface area contributed by atoms with Gasteiger partial charge in [0.15, 0.2) is 24.3 Å². The van der Waals surface area contributed by atoms with E-state index in [1.807, 2.05) is 0 Å². The minimum absolute atomic E-state index is 0.00600. The monoisotopic (exact) mass is 1490 g/mol. The van der Waals surface area contributed by atoms with Crippen molar-refractivity contribution in [2.24, 2.45) is 39.7 Å². The number of amides is 2. The number of nitrogens with zero attached hydrogens (tertiary/aromatic N) is 2. The number of rotatable bonds is 36. The maximum absolute atomic E-state index is 16.0. The van der Waals surface area contributed by atoms with E-state index >= 15 is 9.59 Å². The van der Waals surface area contributed by atoms with Gasteiger partial charge in [0.1, 0.15) is 38.2 Å². The molecule has 0 aromatic heterocycles. The van der Waals surface area contributed by atoms with Gasteiger partial charge in [-0.1, -0.05) is 169 Å². The summed E-state index contributed by atoms with van der Waals surface area (Å²) in [5, 5.41) is 51.1. The second-order valence-electron chi connectivity index (χ2n) is 29.0. The first-order valence-corrected chi connectivity index (χ1v) is 37.8. The molecule has 1 heterocycles. The molecule has 4 aliphatic rings. The van der Waals surface area contributed by atoms with E-state index in [0.717, 1.165) is 57.0 Å². The van der Waals surface area contributed by atoms with Crippen LogP contribution in [0.1, 0.15) is 204 Å². The number of aliphatic hydroxyl groups is 2. The fraction of sp³-hybridized carbons (Fsp3) is 0.590. The number of methoxy groups -OCH3 is 1. The van der Waals surface area contributed by atoms with Crippen molar-refractivity contribution in [1.82, 2.24) is 5.32 Å². The van der Waals surface area contributed by atoms with Crippen LogP contribution in [0.15, 0.2) is 102 Å². The Morgan fingerprint density at radius 3 is 1.97 bits per heavy atom. The number of primary amides is 1. The van der Waals surface area contributed by atoms with Crippen molar-refractivity contribution in [3.8, 4) is 12.1 Å². The second kappa shape index (κ2) is 37.1. The van der Waals surface area contributed by atoms with Crippen molar-refractivity contribution in [2.45, 2.75) is 230 Å². The van der Waals surface area contributed by atoms with Gasteiger partial charge in [0.2, 0.25) is 12.0 Å². The molecule has 5 N–H and O–H groups in total. The zero-order valence-corrected chi connectivity index (χ0v) is 63.6. The predicted octanol–water partition coefficient (Wildman–Crippen LogP) is 11.6. The summed E-state index contributed by atoms with van der Waals surface area (Å²) in [7, 11) is 1.35. The van der Waals surface area contributed by atoms with Crippen LogP contribution in [0.3, 0.4) is 0 Å². The molecule has 4 unspecified atom stereocenters. The highest BCUT2D eigenvalue weighted by atomic mass is 32.2. The number of fused-ring (bicyclic) bond motifs is 5. The van der Waals surface area contributed by atoms with Crippen LogP contribution < -0.4 is 11.1 Å². The molecule has 7 rings (SSSR count). The van der Waals surface area contributed by atoms with E-state index in [1.165, 1.54) is 116 Å². The molecule has 2 bridgehead atoms. The highest BCUT2D eigenvalue weighted by molar-refractivity contribution is 8.47. The lowest BCUT2D eigenvalue weighted by atomic mass is 9.44. The molecule has 0 radical (unpaired) electrons. The Morgan fingerprint density at radius 1 is 0.827 bits per heavy atom. The average Bonchev–Trinajstić information content (AvgIpc) is 0.669. The molecule has 564 valence electrons. The number of carbonyl (C=O) groups excluding carboxylic acids is 9. The van der Waals surface area contributed by atoms with Crippen LogP contribution in [0.2, 0.25) is 0 Å². The number of ketones is 1. The van der Waals surface area contributed by atoms with Gasteiger partial charge in [-0.25, -0.2) is 9.59 Å². The lowest BCUT2D eigenvalue weighted by Crippen LogP contribution is -2.82. The molecule has 2 saturated carbocycles. The zero-order valence-electron chi connectivity index (χ0n) is 61.1. The molecular weight excluding hydrogens is 1390 g/mol. The molecule has 3 aromatic carbocycles. The maximum atomic E-state index is 16.0. The summed E-state index contributed by atoms with van der Waals surface area (Å²) in [6, 6.07) is 26.4. The van der Waals surface area contributed by atoms with E-state index in [4.69, 9.17) is 55.8 Å². The number of nitrogens with two attached hydrogens (primary N) is 1. The van der Waals surface area contributed by atoms with Crippen LogP contribution in [0, 0.1) is 56.7 Å². The van der Waals surface area contributed by atoms with Crippen molar-refractivity contribution in [3.05, 3.63) is 119 Å². The number of hydrogen-bond acceptors (Lipinski definition) is 24. The molecule has 2 amide bonds. The van der Waals surface area contributed by atoms with Crippen LogP contribution in [0.5, 0.6) is 0 Å². The Hall–Kier alpha value is -7.56. The summed E-state index contributed by atoms with van der Waals surface area (Å²) in [4.78, 5) is 130. The maximum Gasteiger partial charge on any atom is 0.350 e. The summed E-state index contributed by atoms with van der Waals surface area (Å²) in [5.41, 5.74) is -3.73. The number of nitriles is 2. The van der Waals surface area contributed by atoms with E-state index in [-0.39, 0.29) is 66.7 Å². The van der Waals surface area contributed by atoms with Gasteiger partial charge >= 0.3 is 35.8 Å². The molecule has 0 spiro atoms. The van der Waals surface area contributed by atoms with Crippen molar-refractivity contribution < 1.29 is 91.3 Å². The van der Waals surface area contributed by atoms with Gasteiger partial charge in [0, 0.05) is 63.0 Å². The van der Waals surface area contributed by atoms with Crippen LogP contribution in [0.4, 0.5) is 0 Å². The smallest absolute Gasteiger partial charge is 0.350 e. The minimum Gasteiger partial charge on any atom is -0.455 e. The number of esters is 6. The summed E-state index contributed by atoms with van der Waals surface area (Å²) in [5.74, 6) is -11.7. The van der Waals surface area contributed by atoms with E-state index in [9.17, 15) is 54.3 Å². The third-order valence-corrected chi connectivity index (χ3v) is 24.0. The zero-order chi connectivity index (χ0) is 76.4. The number of thiocarbonyl (C=S) groups is 1. The number of ether oxygens (including phenoxy) is 8. The number of thioether (sulfide) groups is 2. The molecule has 104 heavy (non-hydrogen) atoms. The number of Topliss-reactive ketones (excluding diaryl/α,β-unsaturated/α-hetero) is 1. The standard InChI is InChI=1S/C78H100N4O19S3/c1-11-12-13-14-15-16-17-18-19-29-38-103-72(102)104-75(8,71(92)96-47-94-10)41-51(44-79)39-55(67(81)88)42-74(7,45-80)37-36-59(86)99-63(61(52-30-23-20-24-31-52)82-68(89)53-32-25-21-26-33-53)70(91)98-56-43-78(93)66(100-69(90)54-34-27-22-28-35-54)64-76(9,57(85)40-58-77(64,46-95-58)101-50(4)84)65(87)62(97-49(3)83)60(48(56)2)73(78,5)6/h20-28,30-35,51,55-58,61-64,66,85,93H,11-19,29,36-43,46-47H2,1-10H3,(H2,81,88)(H,82,89)/t51?,55?,56-,57-,58+,61-,62+,63+,64-,66-,74?,75?,76+,77-,78+/m0/s1. The topological polar surface area (TPSA) is 354 Å². The number of hydrogen-bond donors (Lipinski definition) is 4. The van der Waals surface area contributed by atoms with E-state index in [2.05, 4.69) is 24.4 Å². The molecule has 26 heteroatoms. The van der Waals surface area contributed by atoms with E-state index in [1.54, 1.807) is 73.7 Å². The largest absolute Gasteiger partial charge is 0.455 e. The first-order valence-electron chi connectivity index (χ1n) is 35.6. The molecule has 1 saturated heterocycles. The summed E-state index contributed by atoms with van der Waals surface area (Å²) in [6.07, 6.45) is -1.57. The fourth-order valence-electron chi connectivity index (χ4n) is 15.3. The minimum atomic E-state index is -2.58. The number of aliphatic hydroxyl groups excluding tert-OH is 1. The first kappa shape index (κ1) is 83.7. The third kappa shape index (κ3) is 19.7. The van der Waals surface area contributed by atoms with Crippen molar-refractivity contribution in [1.29, 1.82) is 10.5 Å². The van der Waals surface area contributed by atoms with E-state index in [0.29, 0.717) is 3.53 Å². The Morgan fingerprint density at radius 2 is 1.42 bits per heavy atom. The summed E-state index contributed by atoms with van der Waals surface area (Å²) >= 11 is 8.30. The van der Waals surface area contributed by atoms with Crippen LogP contribution in [0.25, 0.3) is 0 Å². The molecule has 15 atom stereocenters. The normalized spacial score (nSPS) is 25.3. The third-order valence-electron chi connectivity index (χ3n) is 21.1. The number of nitrogens with one attached hydrogen (secondary N) is 1. The number of unbranched alkanes of at least 4 members (excludes halogenated alkanes) is 9. The molecule has 3 aromatic rings. The van der Waals surface area contributed by atoms with Crippen LogP contribution in [-0.4, -0.2) is 146 Å². The highest BCUT2D eigenvalue weighted by Gasteiger charge is 2.78. The van der Waals surface area contributed by atoms with Crippen molar-refractivity contribution in [3.63, 3.8) is 0 Å². The van der Waals surface area contributed by atoms with Gasteiger partial charge in [-0.3, -0.25) is 33.6 Å². The van der Waals surface area contributed by atoms with Gasteiger partial charge in [0.25, 0.3) is 5.91 Å². The Balaban J connectivity index is 1.21. The molecule has 1 aliphatic heterocycles. The molecule has 3 aliphatic carbocycles. The van der Waals surface area contributed by atoms with Gasteiger partial charge < -0.3 is 59.2 Å². The van der Waals surface area contributed by atoms with Crippen LogP contribution in [-0.2, 0) is 71.5 Å². The van der Waals surface area contributed by atoms with Crippen molar-refractivity contribution in [2.75, 3.05) is 26.3 Å². The fourth-order valence-corrected chi connectivity index (χ4v) is 18.4. The SMILES string of the molecule is CCCCCCCCCCCCSC(=S)SC(C)(CC(C#N)CC(CC(C)(C#N)CCC(=O)O[C@@H](C(=O)O[C@H]1C[C@@]2(O)[C@@H](OC(=O)c3ccccc3)[C@@H]3[C@]4(OC(C)=O)CO[C@@H]4C[C@H](O)[C@@]3(C)C(=O)[C@H](OC(C)=O)C(=C1C)C2(C)C)[C@@H](NC(=O)c1ccccc1)c1ccccc1)C(N)=O)C(=O)OCOC. The quantitative estimate of drug-likeness (QED) is 0.0105. The van der Waals surface area contributed by atoms with Gasteiger partial charge in [-0.2, -0.15) is 10.5 Å². The Kier molecular flexibility index (Phi) is 29.9. The lowest BCUT2D eigenvalue weighted by Gasteiger charge is -2.67. The predicted molar refractivity (Wildman–Crippen MR) is 391 cm³/mol. The average molecular weight is 1490 g/mol. The number of benzene rings is 3. The molecule has 3 fully saturated rings. The summed E-state index contributed by atoms with van der Waals surface area (Å²) in [6.45, 7) is 12.5. The second-order valence-corrected chi connectivity index (χ2v) is 32.8.